The van der Waals surface area contributed by atoms with Crippen molar-refractivity contribution in [3.63, 3.8) is 0 Å². The van der Waals surface area contributed by atoms with E-state index in [4.69, 9.17) is 4.74 Å². The number of nitrogens with zero attached hydrogens (tertiary/aromatic N) is 1. The number of aromatic hydroxyl groups is 1. The standard InChI is InChI=1S/C13H19NO2/c1-10-8-13(15)11(2)7-12(10)9-14-3-5-16-6-4-14/h7-8,15H,3-6,9H2,1-2H3. The van der Waals surface area contributed by atoms with Crippen molar-refractivity contribution in [2.75, 3.05) is 26.3 Å². The summed E-state index contributed by atoms with van der Waals surface area (Å²) in [6.45, 7) is 8.60. The molecule has 16 heavy (non-hydrogen) atoms. The van der Waals surface area contributed by atoms with Gasteiger partial charge in [0.15, 0.2) is 0 Å². The third-order valence-corrected chi connectivity index (χ3v) is 3.15. The minimum atomic E-state index is 0.392. The second kappa shape index (κ2) is 4.85. The van der Waals surface area contributed by atoms with Gasteiger partial charge in [-0.15, -0.1) is 0 Å². The summed E-state index contributed by atoms with van der Waals surface area (Å²) < 4.78 is 5.33. The largest absolute Gasteiger partial charge is 0.508 e. The molecule has 1 saturated heterocycles. The maximum Gasteiger partial charge on any atom is 0.118 e. The van der Waals surface area contributed by atoms with Gasteiger partial charge in [-0.25, -0.2) is 0 Å². The monoisotopic (exact) mass is 221 g/mol. The van der Waals surface area contributed by atoms with Crippen LogP contribution in [0.5, 0.6) is 5.75 Å². The first-order valence-corrected chi connectivity index (χ1v) is 5.76. The lowest BCUT2D eigenvalue weighted by atomic mass is 10.0. The maximum atomic E-state index is 9.60. The summed E-state index contributed by atoms with van der Waals surface area (Å²) in [5, 5.41) is 9.60. The van der Waals surface area contributed by atoms with Gasteiger partial charge >= 0.3 is 0 Å². The van der Waals surface area contributed by atoms with Crippen LogP contribution in [0.4, 0.5) is 0 Å². The maximum absolute atomic E-state index is 9.60. The quantitative estimate of drug-likeness (QED) is 0.827. The molecule has 3 heteroatoms. The van der Waals surface area contributed by atoms with Crippen LogP contribution in [0.2, 0.25) is 0 Å². The van der Waals surface area contributed by atoms with Gasteiger partial charge in [0.25, 0.3) is 0 Å². The lowest BCUT2D eigenvalue weighted by Gasteiger charge is -2.27. The van der Waals surface area contributed by atoms with Gasteiger partial charge in [0, 0.05) is 19.6 Å². The van der Waals surface area contributed by atoms with E-state index in [1.54, 1.807) is 0 Å². The number of hydrogen-bond donors (Lipinski definition) is 1. The van der Waals surface area contributed by atoms with Crippen LogP contribution in [0.25, 0.3) is 0 Å². The van der Waals surface area contributed by atoms with Gasteiger partial charge in [-0.3, -0.25) is 4.90 Å². The molecule has 0 amide bonds. The van der Waals surface area contributed by atoms with E-state index >= 15 is 0 Å². The SMILES string of the molecule is Cc1cc(CN2CCOCC2)c(C)cc1O. The predicted octanol–water partition coefficient (Wildman–Crippen LogP) is 1.84. The zero-order valence-corrected chi connectivity index (χ0v) is 9.99. The number of rotatable bonds is 2. The first-order chi connectivity index (χ1) is 7.66. The van der Waals surface area contributed by atoms with Gasteiger partial charge in [0.1, 0.15) is 5.75 Å². The third-order valence-electron chi connectivity index (χ3n) is 3.15. The van der Waals surface area contributed by atoms with Crippen LogP contribution < -0.4 is 0 Å². The Morgan fingerprint density at radius 3 is 2.56 bits per heavy atom. The highest BCUT2D eigenvalue weighted by molar-refractivity contribution is 5.40. The number of benzene rings is 1. The Bertz CT molecular complexity index is 370. The van der Waals surface area contributed by atoms with E-state index < -0.39 is 0 Å². The fourth-order valence-electron chi connectivity index (χ4n) is 2.03. The van der Waals surface area contributed by atoms with Crippen molar-refractivity contribution in [1.29, 1.82) is 0 Å². The molecule has 0 aliphatic carbocycles. The van der Waals surface area contributed by atoms with Gasteiger partial charge in [-0.2, -0.15) is 0 Å². The lowest BCUT2D eigenvalue weighted by Crippen LogP contribution is -2.35. The first kappa shape index (κ1) is 11.4. The third kappa shape index (κ3) is 2.54. The van der Waals surface area contributed by atoms with Crippen LogP contribution in [0.3, 0.4) is 0 Å². The zero-order chi connectivity index (χ0) is 11.5. The van der Waals surface area contributed by atoms with Crippen LogP contribution in [0.1, 0.15) is 16.7 Å². The molecule has 2 rings (SSSR count). The van der Waals surface area contributed by atoms with Gasteiger partial charge < -0.3 is 9.84 Å². The summed E-state index contributed by atoms with van der Waals surface area (Å²) in [4.78, 5) is 2.39. The second-order valence-electron chi connectivity index (χ2n) is 4.45. The van der Waals surface area contributed by atoms with E-state index in [1.807, 2.05) is 13.0 Å². The highest BCUT2D eigenvalue weighted by atomic mass is 16.5. The molecule has 0 spiro atoms. The second-order valence-corrected chi connectivity index (χ2v) is 4.45. The van der Waals surface area contributed by atoms with E-state index in [0.717, 1.165) is 44.0 Å². The topological polar surface area (TPSA) is 32.7 Å². The number of ether oxygens (including phenoxy) is 1. The van der Waals surface area contributed by atoms with E-state index in [0.29, 0.717) is 5.75 Å². The van der Waals surface area contributed by atoms with Gasteiger partial charge in [0.05, 0.1) is 13.2 Å². The Balaban J connectivity index is 2.11. The molecule has 1 N–H and O–H groups in total. The molecule has 0 atom stereocenters. The minimum absolute atomic E-state index is 0.392. The summed E-state index contributed by atoms with van der Waals surface area (Å²) in [5.41, 5.74) is 3.42. The van der Waals surface area contributed by atoms with Crippen molar-refractivity contribution < 1.29 is 9.84 Å². The molecule has 0 saturated carbocycles. The van der Waals surface area contributed by atoms with E-state index in [2.05, 4.69) is 17.9 Å². The molecule has 0 unspecified atom stereocenters. The molecular formula is C13H19NO2. The van der Waals surface area contributed by atoms with Gasteiger partial charge in [-0.1, -0.05) is 6.07 Å². The number of aryl methyl sites for hydroxylation is 2. The van der Waals surface area contributed by atoms with Gasteiger partial charge in [0.2, 0.25) is 0 Å². The molecule has 1 aliphatic rings. The van der Waals surface area contributed by atoms with Crippen molar-refractivity contribution in [3.8, 4) is 5.75 Å². The van der Waals surface area contributed by atoms with Crippen molar-refractivity contribution in [2.24, 2.45) is 0 Å². The first-order valence-electron chi connectivity index (χ1n) is 5.76. The summed E-state index contributed by atoms with van der Waals surface area (Å²) in [6, 6.07) is 3.94. The Hall–Kier alpha value is -1.06. The molecule has 1 aromatic carbocycles. The molecule has 1 fully saturated rings. The summed E-state index contributed by atoms with van der Waals surface area (Å²) in [7, 11) is 0. The lowest BCUT2D eigenvalue weighted by molar-refractivity contribution is 0.0341. The smallest absolute Gasteiger partial charge is 0.118 e. The van der Waals surface area contributed by atoms with Crippen molar-refractivity contribution in [1.82, 2.24) is 4.90 Å². The highest BCUT2D eigenvalue weighted by Gasteiger charge is 2.12. The molecular weight excluding hydrogens is 202 g/mol. The molecule has 1 aliphatic heterocycles. The van der Waals surface area contributed by atoms with Crippen molar-refractivity contribution in [2.45, 2.75) is 20.4 Å². The number of hydrogen-bond acceptors (Lipinski definition) is 3. The normalized spacial score (nSPS) is 17.6. The Labute approximate surface area is 96.6 Å². The average Bonchev–Trinajstić information content (AvgIpc) is 2.27. The Morgan fingerprint density at radius 2 is 1.88 bits per heavy atom. The number of phenolic OH excluding ortho intramolecular Hbond substituents is 1. The van der Waals surface area contributed by atoms with Gasteiger partial charge in [-0.05, 0) is 36.6 Å². The molecule has 0 bridgehead atoms. The van der Waals surface area contributed by atoms with Crippen LogP contribution in [-0.4, -0.2) is 36.3 Å². The highest BCUT2D eigenvalue weighted by Crippen LogP contribution is 2.22. The van der Waals surface area contributed by atoms with Crippen LogP contribution in [-0.2, 0) is 11.3 Å². The van der Waals surface area contributed by atoms with Crippen LogP contribution in [0.15, 0.2) is 12.1 Å². The van der Waals surface area contributed by atoms with Crippen LogP contribution in [0, 0.1) is 13.8 Å². The van der Waals surface area contributed by atoms with Crippen LogP contribution >= 0.6 is 0 Å². The van der Waals surface area contributed by atoms with Crippen molar-refractivity contribution >= 4 is 0 Å². The summed E-state index contributed by atoms with van der Waals surface area (Å²) in [5.74, 6) is 0.392. The Kier molecular flexibility index (Phi) is 3.46. The molecule has 3 nitrogen and oxygen atoms in total. The fraction of sp³-hybridized carbons (Fsp3) is 0.538. The fourth-order valence-corrected chi connectivity index (χ4v) is 2.03. The average molecular weight is 221 g/mol. The predicted molar refractivity (Wildman–Crippen MR) is 63.7 cm³/mol. The Morgan fingerprint density at radius 1 is 1.19 bits per heavy atom. The summed E-state index contributed by atoms with van der Waals surface area (Å²) >= 11 is 0. The summed E-state index contributed by atoms with van der Waals surface area (Å²) in [6.07, 6.45) is 0. The molecule has 1 heterocycles. The number of phenols is 1. The molecule has 0 aromatic heterocycles. The molecule has 1 aromatic rings. The van der Waals surface area contributed by atoms with E-state index in [9.17, 15) is 5.11 Å². The van der Waals surface area contributed by atoms with E-state index in [-0.39, 0.29) is 0 Å². The number of morpholine rings is 1. The zero-order valence-electron chi connectivity index (χ0n) is 9.99. The van der Waals surface area contributed by atoms with E-state index in [1.165, 1.54) is 5.56 Å². The molecule has 0 radical (unpaired) electrons. The molecule has 88 valence electrons. The van der Waals surface area contributed by atoms with Crippen molar-refractivity contribution in [3.05, 3.63) is 28.8 Å². The minimum Gasteiger partial charge on any atom is -0.508 e.